The quantitative estimate of drug-likeness (QED) is 0.291. The van der Waals surface area contributed by atoms with E-state index in [9.17, 15) is 10.1 Å². The maximum absolute atomic E-state index is 13.4. The molecule has 0 aromatic heterocycles. The van der Waals surface area contributed by atoms with E-state index in [1.54, 1.807) is 66.9 Å². The van der Waals surface area contributed by atoms with Crippen LogP contribution in [-0.4, -0.2) is 90.2 Å². The summed E-state index contributed by atoms with van der Waals surface area (Å²) in [5, 5.41) is 11.0. The van der Waals surface area contributed by atoms with Gasteiger partial charge in [-0.2, -0.15) is 5.26 Å². The van der Waals surface area contributed by atoms with E-state index in [0.29, 0.717) is 47.2 Å². The molecule has 3 aliphatic rings. The van der Waals surface area contributed by atoms with Crippen LogP contribution in [0.25, 0.3) is 0 Å². The molecule has 0 aliphatic carbocycles. The van der Waals surface area contributed by atoms with Gasteiger partial charge in [-0.25, -0.2) is 4.79 Å². The first kappa shape index (κ1) is 33.2. The van der Waals surface area contributed by atoms with Crippen LogP contribution in [0.3, 0.4) is 0 Å². The fourth-order valence-electron chi connectivity index (χ4n) is 8.55. The standard InChI is InChI=1S/C37H43N3O8/c1-19-31(42-4)22-16-25-30-29-23(32(43-5)20(2)34(45-7)36(29)47-9)15-24(39(30)3)26(17-38)40(25)27(28(22)35(46-8)33(19)44-6)18-48-37(41)21-13-11-10-12-14-21/h10-14,24-27,30H,15-16,18H2,1-9H3/t24-,25-,26-,27+,30-/m1/s1. The van der Waals surface area contributed by atoms with Crippen molar-refractivity contribution in [1.29, 1.82) is 5.26 Å². The summed E-state index contributed by atoms with van der Waals surface area (Å²) in [6.45, 7) is 3.87. The number of nitriles is 1. The van der Waals surface area contributed by atoms with Crippen LogP contribution in [0.5, 0.6) is 34.5 Å². The van der Waals surface area contributed by atoms with E-state index in [2.05, 4.69) is 22.9 Å². The third kappa shape index (κ3) is 4.80. The minimum atomic E-state index is -0.584. The van der Waals surface area contributed by atoms with Gasteiger partial charge < -0.3 is 33.2 Å². The molecule has 0 radical (unpaired) electrons. The Hall–Kier alpha value is -4.66. The molecule has 0 unspecified atom stereocenters. The Labute approximate surface area is 281 Å². The Morgan fingerprint density at radius 2 is 1.25 bits per heavy atom. The largest absolute Gasteiger partial charge is 0.496 e. The summed E-state index contributed by atoms with van der Waals surface area (Å²) in [4.78, 5) is 17.9. The molecule has 2 bridgehead atoms. The van der Waals surface area contributed by atoms with Crippen LogP contribution < -0.4 is 28.4 Å². The zero-order chi connectivity index (χ0) is 34.4. The Kier molecular flexibility index (Phi) is 9.07. The van der Waals surface area contributed by atoms with Crippen molar-refractivity contribution >= 4 is 5.97 Å². The maximum atomic E-state index is 13.4. The molecule has 0 spiro atoms. The first-order valence-corrected chi connectivity index (χ1v) is 16.0. The van der Waals surface area contributed by atoms with Crippen molar-refractivity contribution in [2.45, 2.75) is 56.9 Å². The molecule has 11 nitrogen and oxygen atoms in total. The highest BCUT2D eigenvalue weighted by Gasteiger charge is 2.57. The zero-order valence-electron chi connectivity index (χ0n) is 29.0. The molecule has 0 amide bonds. The van der Waals surface area contributed by atoms with E-state index in [4.69, 9.17) is 33.2 Å². The van der Waals surface area contributed by atoms with E-state index in [1.165, 1.54) is 0 Å². The van der Waals surface area contributed by atoms with Crippen LogP contribution in [0.1, 0.15) is 55.8 Å². The summed E-state index contributed by atoms with van der Waals surface area (Å²) in [5.41, 5.74) is 5.74. The number of benzene rings is 3. The van der Waals surface area contributed by atoms with Gasteiger partial charge in [-0.3, -0.25) is 9.80 Å². The molecule has 5 atom stereocenters. The second kappa shape index (κ2) is 13.1. The normalized spacial score (nSPS) is 22.7. The van der Waals surface area contributed by atoms with Crippen LogP contribution in [0.4, 0.5) is 0 Å². The van der Waals surface area contributed by atoms with E-state index in [0.717, 1.165) is 39.1 Å². The second-order valence-electron chi connectivity index (χ2n) is 12.4. The van der Waals surface area contributed by atoms with Gasteiger partial charge in [0.25, 0.3) is 0 Å². The summed E-state index contributed by atoms with van der Waals surface area (Å²) in [6.07, 6.45) is 1.04. The van der Waals surface area contributed by atoms with Crippen LogP contribution in [-0.2, 0) is 17.6 Å². The van der Waals surface area contributed by atoms with Gasteiger partial charge in [-0.15, -0.1) is 0 Å². The molecule has 1 fully saturated rings. The Bertz CT molecular complexity index is 1770. The number of rotatable bonds is 9. The topological polar surface area (TPSA) is 112 Å². The molecule has 3 aliphatic heterocycles. The first-order valence-electron chi connectivity index (χ1n) is 16.0. The minimum Gasteiger partial charge on any atom is -0.496 e. The SMILES string of the molecule is COc1c(C)c(OC)c(OC)c2c1C[C@@H]1[C@@H](C#N)N3[C@H](Cc4c(OC)c(C)c(OC)c(OC)c4[C@@H]3COC(=O)c3ccccc3)[C@H]2N1C. The summed E-state index contributed by atoms with van der Waals surface area (Å²) < 4.78 is 42.2. The lowest BCUT2D eigenvalue weighted by atomic mass is 9.71. The Morgan fingerprint density at radius 1 is 0.750 bits per heavy atom. The monoisotopic (exact) mass is 657 g/mol. The zero-order valence-corrected chi connectivity index (χ0v) is 29.0. The van der Waals surface area contributed by atoms with Gasteiger partial charge in [-0.05, 0) is 45.9 Å². The lowest BCUT2D eigenvalue weighted by Gasteiger charge is -2.60. The average molecular weight is 658 g/mol. The molecule has 3 aromatic rings. The first-order chi connectivity index (χ1) is 23.2. The van der Waals surface area contributed by atoms with Crippen molar-refractivity contribution in [1.82, 2.24) is 9.80 Å². The molecule has 0 saturated carbocycles. The summed E-state index contributed by atoms with van der Waals surface area (Å²) in [7, 11) is 11.9. The fourth-order valence-corrected chi connectivity index (χ4v) is 8.55. The van der Waals surface area contributed by atoms with Crippen LogP contribution in [0.15, 0.2) is 30.3 Å². The van der Waals surface area contributed by atoms with Crippen molar-refractivity contribution in [3.63, 3.8) is 0 Å². The molecular weight excluding hydrogens is 614 g/mol. The van der Waals surface area contributed by atoms with Gasteiger partial charge in [0.15, 0.2) is 23.0 Å². The van der Waals surface area contributed by atoms with Crippen molar-refractivity contribution in [3.8, 4) is 40.6 Å². The van der Waals surface area contributed by atoms with Crippen molar-refractivity contribution in [2.75, 3.05) is 56.3 Å². The molecule has 1 saturated heterocycles. The number of likely N-dealkylation sites (N-methyl/N-ethyl adjacent to an activating group) is 1. The highest BCUT2D eigenvalue weighted by Crippen LogP contribution is 2.59. The van der Waals surface area contributed by atoms with Crippen LogP contribution >= 0.6 is 0 Å². The van der Waals surface area contributed by atoms with Crippen LogP contribution in [0, 0.1) is 25.2 Å². The van der Waals surface area contributed by atoms with E-state index in [1.807, 2.05) is 19.9 Å². The van der Waals surface area contributed by atoms with Crippen molar-refractivity contribution in [3.05, 3.63) is 69.3 Å². The van der Waals surface area contributed by atoms with Gasteiger partial charge in [0.2, 0.25) is 0 Å². The molecule has 6 rings (SSSR count). The number of hydrogen-bond acceptors (Lipinski definition) is 11. The third-order valence-corrected chi connectivity index (χ3v) is 10.4. The molecule has 48 heavy (non-hydrogen) atoms. The molecule has 0 N–H and O–H groups in total. The smallest absolute Gasteiger partial charge is 0.338 e. The molecule has 3 heterocycles. The van der Waals surface area contributed by atoms with Gasteiger partial charge in [0, 0.05) is 45.5 Å². The lowest BCUT2D eigenvalue weighted by Crippen LogP contribution is -2.68. The second-order valence-corrected chi connectivity index (χ2v) is 12.4. The van der Waals surface area contributed by atoms with Crippen molar-refractivity contribution in [2.24, 2.45) is 0 Å². The highest BCUT2D eigenvalue weighted by molar-refractivity contribution is 5.89. The predicted molar refractivity (Wildman–Crippen MR) is 178 cm³/mol. The number of carbonyl (C=O) groups is 1. The number of esters is 1. The lowest BCUT2D eigenvalue weighted by molar-refractivity contribution is -0.0847. The number of fused-ring (bicyclic) bond motifs is 7. The number of hydrogen-bond donors (Lipinski definition) is 0. The van der Waals surface area contributed by atoms with Gasteiger partial charge >= 0.3 is 5.97 Å². The van der Waals surface area contributed by atoms with E-state index < -0.39 is 18.1 Å². The highest BCUT2D eigenvalue weighted by atomic mass is 16.5. The Balaban J connectivity index is 1.62. The number of piperazine rings is 1. The average Bonchev–Trinajstić information content (AvgIpc) is 3.10. The Morgan fingerprint density at radius 3 is 1.77 bits per heavy atom. The van der Waals surface area contributed by atoms with E-state index in [-0.39, 0.29) is 24.7 Å². The third-order valence-electron chi connectivity index (χ3n) is 10.4. The maximum Gasteiger partial charge on any atom is 0.338 e. The molecular formula is C37H43N3O8. The summed E-state index contributed by atoms with van der Waals surface area (Å²) >= 11 is 0. The van der Waals surface area contributed by atoms with Gasteiger partial charge in [0.1, 0.15) is 24.1 Å². The number of ether oxygens (including phenoxy) is 7. The molecule has 254 valence electrons. The predicted octanol–water partition coefficient (Wildman–Crippen LogP) is 4.98. The van der Waals surface area contributed by atoms with Gasteiger partial charge in [0.05, 0.1) is 66.4 Å². The van der Waals surface area contributed by atoms with Crippen LogP contribution in [0.2, 0.25) is 0 Å². The van der Waals surface area contributed by atoms with E-state index >= 15 is 0 Å². The number of methoxy groups -OCH3 is 6. The summed E-state index contributed by atoms with van der Waals surface area (Å²) in [5.74, 6) is 3.27. The van der Waals surface area contributed by atoms with Gasteiger partial charge in [-0.1, -0.05) is 18.2 Å². The fraction of sp³-hybridized carbons (Fsp3) is 0.459. The summed E-state index contributed by atoms with van der Waals surface area (Å²) in [6, 6.07) is 9.64. The minimum absolute atomic E-state index is 0.0329. The van der Waals surface area contributed by atoms with Crippen molar-refractivity contribution < 1.29 is 38.0 Å². The molecule has 3 aromatic carbocycles. The number of nitrogens with zero attached hydrogens (tertiary/aromatic N) is 3. The molecule has 11 heteroatoms. The number of carbonyl (C=O) groups excluding carboxylic acids is 1.